The normalized spacial score (nSPS) is 9.83. The summed E-state index contributed by atoms with van der Waals surface area (Å²) in [6, 6.07) is 10.4. The lowest BCUT2D eigenvalue weighted by atomic mass is 10.2. The molecule has 1 heterocycles. The number of methoxy groups -OCH3 is 1. The molecule has 0 saturated heterocycles. The van der Waals surface area contributed by atoms with Crippen molar-refractivity contribution in [1.29, 1.82) is 0 Å². The Labute approximate surface area is 105 Å². The predicted octanol–water partition coefficient (Wildman–Crippen LogP) is 1.92. The number of para-hydroxylation sites is 2. The fourth-order valence-electron chi connectivity index (χ4n) is 1.47. The molecular weight excluding hydrogens is 230 g/mol. The number of nitrogen functional groups attached to an aromatic ring is 1. The average Bonchev–Trinajstić information content (AvgIpc) is 2.40. The molecule has 2 aromatic rings. The smallest absolute Gasteiger partial charge is 0.274 e. The van der Waals surface area contributed by atoms with E-state index in [0.717, 1.165) is 0 Å². The third-order valence-corrected chi connectivity index (χ3v) is 2.37. The molecule has 18 heavy (non-hydrogen) atoms. The lowest BCUT2D eigenvalue weighted by Crippen LogP contribution is -2.14. The second-order valence-electron chi connectivity index (χ2n) is 3.63. The van der Waals surface area contributed by atoms with Gasteiger partial charge in [-0.15, -0.1) is 0 Å². The number of carbonyl (C=O) groups is 1. The van der Waals surface area contributed by atoms with Crippen molar-refractivity contribution in [3.63, 3.8) is 0 Å². The lowest BCUT2D eigenvalue weighted by Gasteiger charge is -2.09. The predicted molar refractivity (Wildman–Crippen MR) is 69.6 cm³/mol. The van der Waals surface area contributed by atoms with Crippen molar-refractivity contribution in [1.82, 2.24) is 4.98 Å². The molecule has 1 aromatic carbocycles. The van der Waals surface area contributed by atoms with Gasteiger partial charge in [-0.25, -0.2) is 4.98 Å². The molecule has 0 saturated carbocycles. The zero-order valence-electron chi connectivity index (χ0n) is 9.88. The fraction of sp³-hybridized carbons (Fsp3) is 0.0769. The third-order valence-electron chi connectivity index (χ3n) is 2.37. The van der Waals surface area contributed by atoms with Crippen molar-refractivity contribution in [3.05, 3.63) is 48.3 Å². The SMILES string of the molecule is COc1ccccc1NC(=O)c1ccc(N)cn1. The number of pyridine rings is 1. The van der Waals surface area contributed by atoms with Gasteiger partial charge in [0, 0.05) is 0 Å². The highest BCUT2D eigenvalue weighted by Crippen LogP contribution is 2.23. The van der Waals surface area contributed by atoms with Gasteiger partial charge in [0.1, 0.15) is 11.4 Å². The van der Waals surface area contributed by atoms with Crippen molar-refractivity contribution >= 4 is 17.3 Å². The molecule has 0 atom stereocenters. The van der Waals surface area contributed by atoms with Crippen LogP contribution in [-0.4, -0.2) is 18.0 Å². The number of anilines is 2. The first-order valence-corrected chi connectivity index (χ1v) is 5.36. The highest BCUT2D eigenvalue weighted by Gasteiger charge is 2.09. The van der Waals surface area contributed by atoms with Crippen LogP contribution in [0.3, 0.4) is 0 Å². The van der Waals surface area contributed by atoms with Gasteiger partial charge >= 0.3 is 0 Å². The van der Waals surface area contributed by atoms with Crippen LogP contribution >= 0.6 is 0 Å². The van der Waals surface area contributed by atoms with Gasteiger partial charge in [-0.05, 0) is 24.3 Å². The first-order chi connectivity index (χ1) is 8.70. The van der Waals surface area contributed by atoms with Gasteiger partial charge in [-0.3, -0.25) is 4.79 Å². The van der Waals surface area contributed by atoms with E-state index in [0.29, 0.717) is 22.8 Å². The molecule has 0 aliphatic heterocycles. The lowest BCUT2D eigenvalue weighted by molar-refractivity contribution is 0.102. The molecule has 0 spiro atoms. The molecule has 0 fully saturated rings. The zero-order valence-corrected chi connectivity index (χ0v) is 9.88. The Morgan fingerprint density at radius 3 is 2.72 bits per heavy atom. The summed E-state index contributed by atoms with van der Waals surface area (Å²) in [6.07, 6.45) is 1.44. The Kier molecular flexibility index (Phi) is 3.43. The number of rotatable bonds is 3. The number of amides is 1. The summed E-state index contributed by atoms with van der Waals surface area (Å²) in [6.45, 7) is 0. The second-order valence-corrected chi connectivity index (χ2v) is 3.63. The van der Waals surface area contributed by atoms with Crippen molar-refractivity contribution in [2.24, 2.45) is 0 Å². The second kappa shape index (κ2) is 5.18. The molecule has 1 amide bonds. The molecule has 3 N–H and O–H groups in total. The molecule has 5 heteroatoms. The molecule has 0 unspecified atom stereocenters. The quantitative estimate of drug-likeness (QED) is 0.863. The Morgan fingerprint density at radius 1 is 1.28 bits per heavy atom. The Morgan fingerprint density at radius 2 is 2.06 bits per heavy atom. The minimum Gasteiger partial charge on any atom is -0.495 e. The molecule has 1 aromatic heterocycles. The number of carbonyl (C=O) groups excluding carboxylic acids is 1. The van der Waals surface area contributed by atoms with Crippen LogP contribution in [0.5, 0.6) is 5.75 Å². The monoisotopic (exact) mass is 243 g/mol. The number of aromatic nitrogens is 1. The van der Waals surface area contributed by atoms with Crippen molar-refractivity contribution in [2.75, 3.05) is 18.2 Å². The molecule has 92 valence electrons. The number of nitrogens with one attached hydrogen (secondary N) is 1. The minimum atomic E-state index is -0.306. The van der Waals surface area contributed by atoms with E-state index < -0.39 is 0 Å². The molecule has 5 nitrogen and oxygen atoms in total. The highest BCUT2D eigenvalue weighted by molar-refractivity contribution is 6.03. The standard InChI is InChI=1S/C13H13N3O2/c1-18-12-5-3-2-4-10(12)16-13(17)11-7-6-9(14)8-15-11/h2-8H,14H2,1H3,(H,16,17). The van der Waals surface area contributed by atoms with E-state index in [9.17, 15) is 4.79 Å². The van der Waals surface area contributed by atoms with Gasteiger partial charge in [-0.2, -0.15) is 0 Å². The Hall–Kier alpha value is -2.56. The van der Waals surface area contributed by atoms with Crippen molar-refractivity contribution in [2.45, 2.75) is 0 Å². The van der Waals surface area contributed by atoms with Crippen LogP contribution in [0, 0.1) is 0 Å². The summed E-state index contributed by atoms with van der Waals surface area (Å²) < 4.78 is 5.15. The largest absolute Gasteiger partial charge is 0.495 e. The summed E-state index contributed by atoms with van der Waals surface area (Å²) in [5, 5.41) is 2.73. The molecule has 2 rings (SSSR count). The summed E-state index contributed by atoms with van der Waals surface area (Å²) in [5.41, 5.74) is 6.93. The summed E-state index contributed by atoms with van der Waals surface area (Å²) in [7, 11) is 1.55. The maximum Gasteiger partial charge on any atom is 0.274 e. The Balaban J connectivity index is 2.18. The zero-order chi connectivity index (χ0) is 13.0. The number of hydrogen-bond donors (Lipinski definition) is 2. The van der Waals surface area contributed by atoms with Gasteiger partial charge in [0.05, 0.1) is 24.7 Å². The topological polar surface area (TPSA) is 77.2 Å². The first-order valence-electron chi connectivity index (χ1n) is 5.36. The van der Waals surface area contributed by atoms with E-state index in [2.05, 4.69) is 10.3 Å². The number of benzene rings is 1. The maximum atomic E-state index is 11.9. The maximum absolute atomic E-state index is 11.9. The average molecular weight is 243 g/mol. The van der Waals surface area contributed by atoms with E-state index in [1.807, 2.05) is 12.1 Å². The van der Waals surface area contributed by atoms with Gasteiger partial charge in [0.25, 0.3) is 5.91 Å². The minimum absolute atomic E-state index is 0.301. The summed E-state index contributed by atoms with van der Waals surface area (Å²) >= 11 is 0. The Bertz CT molecular complexity index is 552. The number of hydrogen-bond acceptors (Lipinski definition) is 4. The first kappa shape index (κ1) is 11.9. The van der Waals surface area contributed by atoms with E-state index in [1.165, 1.54) is 6.20 Å². The summed E-state index contributed by atoms with van der Waals surface area (Å²) in [5.74, 6) is 0.292. The van der Waals surface area contributed by atoms with Gasteiger partial charge in [0.15, 0.2) is 0 Å². The van der Waals surface area contributed by atoms with E-state index in [-0.39, 0.29) is 5.91 Å². The van der Waals surface area contributed by atoms with E-state index >= 15 is 0 Å². The van der Waals surface area contributed by atoms with Crippen LogP contribution in [0.25, 0.3) is 0 Å². The number of nitrogens with two attached hydrogens (primary N) is 1. The van der Waals surface area contributed by atoms with Gasteiger partial charge in [0.2, 0.25) is 0 Å². The van der Waals surface area contributed by atoms with E-state index in [4.69, 9.17) is 10.5 Å². The van der Waals surface area contributed by atoms with Crippen molar-refractivity contribution in [3.8, 4) is 5.75 Å². The number of ether oxygens (including phenoxy) is 1. The molecular formula is C13H13N3O2. The van der Waals surface area contributed by atoms with Gasteiger partial charge < -0.3 is 15.8 Å². The number of nitrogens with zero attached hydrogens (tertiary/aromatic N) is 1. The fourth-order valence-corrected chi connectivity index (χ4v) is 1.47. The van der Waals surface area contributed by atoms with Crippen molar-refractivity contribution < 1.29 is 9.53 Å². The third kappa shape index (κ3) is 2.57. The van der Waals surface area contributed by atoms with Crippen LogP contribution in [0.2, 0.25) is 0 Å². The van der Waals surface area contributed by atoms with Crippen LogP contribution in [0.4, 0.5) is 11.4 Å². The van der Waals surface area contributed by atoms with Crippen LogP contribution in [-0.2, 0) is 0 Å². The molecule has 0 aliphatic rings. The summed E-state index contributed by atoms with van der Waals surface area (Å²) in [4.78, 5) is 15.9. The van der Waals surface area contributed by atoms with Gasteiger partial charge in [-0.1, -0.05) is 12.1 Å². The van der Waals surface area contributed by atoms with E-state index in [1.54, 1.807) is 31.4 Å². The highest BCUT2D eigenvalue weighted by atomic mass is 16.5. The molecule has 0 bridgehead atoms. The molecule has 0 radical (unpaired) electrons. The van der Waals surface area contributed by atoms with Crippen LogP contribution in [0.1, 0.15) is 10.5 Å². The molecule has 0 aliphatic carbocycles. The van der Waals surface area contributed by atoms with Crippen LogP contribution < -0.4 is 15.8 Å². The van der Waals surface area contributed by atoms with Crippen LogP contribution in [0.15, 0.2) is 42.6 Å².